The van der Waals surface area contributed by atoms with Gasteiger partial charge in [0.15, 0.2) is 11.6 Å². The van der Waals surface area contributed by atoms with Crippen LogP contribution in [0.5, 0.6) is 5.75 Å². The molecular formula is C19H24FN3O2. The molecule has 1 amide bonds. The Bertz CT molecular complexity index is 796. The van der Waals surface area contributed by atoms with E-state index in [1.807, 2.05) is 13.8 Å². The summed E-state index contributed by atoms with van der Waals surface area (Å²) in [5.41, 5.74) is 2.75. The van der Waals surface area contributed by atoms with E-state index in [1.54, 1.807) is 30.8 Å². The minimum absolute atomic E-state index is 0.204. The molecule has 0 aliphatic heterocycles. The Kier molecular flexibility index (Phi) is 4.79. The zero-order valence-electron chi connectivity index (χ0n) is 15.1. The van der Waals surface area contributed by atoms with Gasteiger partial charge in [0, 0.05) is 12.7 Å². The van der Waals surface area contributed by atoms with Crippen molar-refractivity contribution in [3.05, 3.63) is 46.5 Å². The van der Waals surface area contributed by atoms with Crippen molar-refractivity contribution in [3.8, 4) is 5.75 Å². The van der Waals surface area contributed by atoms with Crippen molar-refractivity contribution in [2.24, 2.45) is 13.0 Å². The van der Waals surface area contributed by atoms with E-state index in [0.29, 0.717) is 29.3 Å². The van der Waals surface area contributed by atoms with Crippen LogP contribution >= 0.6 is 0 Å². The molecule has 0 saturated heterocycles. The van der Waals surface area contributed by atoms with Crippen molar-refractivity contribution < 1.29 is 13.9 Å². The first-order valence-electron chi connectivity index (χ1n) is 8.60. The second kappa shape index (κ2) is 6.86. The van der Waals surface area contributed by atoms with Gasteiger partial charge in [-0.15, -0.1) is 0 Å². The fourth-order valence-corrected chi connectivity index (χ4v) is 2.85. The molecule has 134 valence electrons. The Hall–Kier alpha value is -2.37. The van der Waals surface area contributed by atoms with Gasteiger partial charge in [0.1, 0.15) is 0 Å². The van der Waals surface area contributed by atoms with Gasteiger partial charge < -0.3 is 10.1 Å². The molecule has 1 heterocycles. The highest BCUT2D eigenvalue weighted by Gasteiger charge is 2.23. The van der Waals surface area contributed by atoms with Crippen molar-refractivity contribution in [2.75, 3.05) is 6.61 Å². The Balaban J connectivity index is 1.68. The van der Waals surface area contributed by atoms with E-state index in [1.165, 1.54) is 6.07 Å². The zero-order valence-corrected chi connectivity index (χ0v) is 15.1. The summed E-state index contributed by atoms with van der Waals surface area (Å²) >= 11 is 0. The fourth-order valence-electron chi connectivity index (χ4n) is 2.85. The van der Waals surface area contributed by atoms with Crippen LogP contribution in [0.15, 0.2) is 18.2 Å². The molecule has 2 aromatic rings. The highest BCUT2D eigenvalue weighted by atomic mass is 19.1. The standard InChI is InChI=1S/C19H24FN3O2/c1-11(21-19(24)18-12(2)22-23(4)13(18)3)15-7-8-17(16(20)9-15)25-10-14-5-6-14/h7-9,11,14H,5-6,10H2,1-4H3,(H,21,24)/t11-/m0/s1. The van der Waals surface area contributed by atoms with Crippen LogP contribution < -0.4 is 10.1 Å². The third-order valence-electron chi connectivity index (χ3n) is 4.71. The van der Waals surface area contributed by atoms with Gasteiger partial charge in [-0.25, -0.2) is 4.39 Å². The van der Waals surface area contributed by atoms with E-state index in [0.717, 1.165) is 18.5 Å². The van der Waals surface area contributed by atoms with E-state index in [4.69, 9.17) is 4.74 Å². The third-order valence-corrected chi connectivity index (χ3v) is 4.71. The van der Waals surface area contributed by atoms with Crippen LogP contribution in [0.1, 0.15) is 53.1 Å². The van der Waals surface area contributed by atoms with Crippen LogP contribution in [-0.4, -0.2) is 22.3 Å². The highest BCUT2D eigenvalue weighted by molar-refractivity contribution is 5.96. The topological polar surface area (TPSA) is 56.2 Å². The molecule has 0 bridgehead atoms. The largest absolute Gasteiger partial charge is 0.490 e. The number of nitrogens with one attached hydrogen (secondary N) is 1. The number of nitrogens with zero attached hydrogens (tertiary/aromatic N) is 2. The summed E-state index contributed by atoms with van der Waals surface area (Å²) in [6, 6.07) is 4.53. The quantitative estimate of drug-likeness (QED) is 0.872. The summed E-state index contributed by atoms with van der Waals surface area (Å²) in [5.74, 6) is 0.245. The van der Waals surface area contributed by atoms with Crippen molar-refractivity contribution in [1.29, 1.82) is 0 Å². The number of rotatable bonds is 6. The predicted molar refractivity (Wildman–Crippen MR) is 93.2 cm³/mol. The molecule has 1 atom stereocenters. The van der Waals surface area contributed by atoms with Crippen molar-refractivity contribution >= 4 is 5.91 Å². The Morgan fingerprint density at radius 1 is 1.44 bits per heavy atom. The maximum atomic E-state index is 14.2. The molecule has 1 fully saturated rings. The van der Waals surface area contributed by atoms with Crippen molar-refractivity contribution in [2.45, 2.75) is 39.7 Å². The molecule has 6 heteroatoms. The maximum Gasteiger partial charge on any atom is 0.255 e. The first kappa shape index (κ1) is 17.5. The average Bonchev–Trinajstić information content (AvgIpc) is 3.33. The van der Waals surface area contributed by atoms with Crippen LogP contribution in [0.3, 0.4) is 0 Å². The predicted octanol–water partition coefficient (Wildman–Crippen LogP) is 3.46. The number of aryl methyl sites for hydroxylation is 2. The number of carbonyl (C=O) groups excluding carboxylic acids is 1. The molecule has 25 heavy (non-hydrogen) atoms. The molecule has 1 aliphatic rings. The van der Waals surface area contributed by atoms with Gasteiger partial charge in [0.2, 0.25) is 0 Å². The number of aromatic nitrogens is 2. The third kappa shape index (κ3) is 3.83. The molecule has 0 unspecified atom stereocenters. The molecular weight excluding hydrogens is 321 g/mol. The number of ether oxygens (including phenoxy) is 1. The van der Waals surface area contributed by atoms with E-state index in [-0.39, 0.29) is 17.7 Å². The molecule has 1 aliphatic carbocycles. The molecule has 3 rings (SSSR count). The molecule has 0 radical (unpaired) electrons. The Morgan fingerprint density at radius 2 is 2.16 bits per heavy atom. The Labute approximate surface area is 147 Å². The van der Waals surface area contributed by atoms with Gasteiger partial charge in [-0.2, -0.15) is 5.10 Å². The zero-order chi connectivity index (χ0) is 18.1. The first-order chi connectivity index (χ1) is 11.9. The van der Waals surface area contributed by atoms with Gasteiger partial charge in [0.25, 0.3) is 5.91 Å². The minimum Gasteiger partial charge on any atom is -0.490 e. The van der Waals surface area contributed by atoms with E-state index < -0.39 is 5.82 Å². The molecule has 5 nitrogen and oxygen atoms in total. The number of carbonyl (C=O) groups is 1. The number of halogens is 1. The van der Waals surface area contributed by atoms with Gasteiger partial charge in [-0.3, -0.25) is 9.48 Å². The average molecular weight is 345 g/mol. The van der Waals surface area contributed by atoms with Crippen LogP contribution in [-0.2, 0) is 7.05 Å². The van der Waals surface area contributed by atoms with Gasteiger partial charge in [0.05, 0.1) is 23.9 Å². The van der Waals surface area contributed by atoms with Crippen LogP contribution in [0.2, 0.25) is 0 Å². The molecule has 1 N–H and O–H groups in total. The smallest absolute Gasteiger partial charge is 0.255 e. The van der Waals surface area contributed by atoms with Crippen molar-refractivity contribution in [1.82, 2.24) is 15.1 Å². The number of benzene rings is 1. The monoisotopic (exact) mass is 345 g/mol. The fraction of sp³-hybridized carbons (Fsp3) is 0.474. The number of hydrogen-bond donors (Lipinski definition) is 1. The van der Waals surface area contributed by atoms with Gasteiger partial charge >= 0.3 is 0 Å². The second-order valence-corrected chi connectivity index (χ2v) is 6.81. The normalized spacial score (nSPS) is 15.1. The highest BCUT2D eigenvalue weighted by Crippen LogP contribution is 2.30. The lowest BCUT2D eigenvalue weighted by molar-refractivity contribution is 0.0938. The summed E-state index contributed by atoms with van der Waals surface area (Å²) in [4.78, 5) is 12.5. The lowest BCUT2D eigenvalue weighted by Crippen LogP contribution is -2.27. The molecule has 0 spiro atoms. The van der Waals surface area contributed by atoms with Crippen LogP contribution in [0.4, 0.5) is 4.39 Å². The summed E-state index contributed by atoms with van der Waals surface area (Å²) in [5, 5.41) is 7.17. The van der Waals surface area contributed by atoms with Crippen LogP contribution in [0, 0.1) is 25.6 Å². The van der Waals surface area contributed by atoms with Crippen LogP contribution in [0.25, 0.3) is 0 Å². The molecule has 1 aromatic heterocycles. The lowest BCUT2D eigenvalue weighted by atomic mass is 10.1. The maximum absolute atomic E-state index is 14.2. The number of amides is 1. The van der Waals surface area contributed by atoms with E-state index in [2.05, 4.69) is 10.4 Å². The first-order valence-corrected chi connectivity index (χ1v) is 8.60. The lowest BCUT2D eigenvalue weighted by Gasteiger charge is -2.16. The van der Waals surface area contributed by atoms with Crippen molar-refractivity contribution in [3.63, 3.8) is 0 Å². The Morgan fingerprint density at radius 3 is 2.72 bits per heavy atom. The number of hydrogen-bond acceptors (Lipinski definition) is 3. The minimum atomic E-state index is -0.395. The van der Waals surface area contributed by atoms with Gasteiger partial charge in [-0.1, -0.05) is 6.07 Å². The van der Waals surface area contributed by atoms with E-state index >= 15 is 0 Å². The van der Waals surface area contributed by atoms with Gasteiger partial charge in [-0.05, 0) is 57.2 Å². The van der Waals surface area contributed by atoms with E-state index in [9.17, 15) is 9.18 Å². The summed E-state index contributed by atoms with van der Waals surface area (Å²) in [7, 11) is 1.80. The molecule has 1 aromatic carbocycles. The second-order valence-electron chi connectivity index (χ2n) is 6.81. The molecule has 1 saturated carbocycles. The SMILES string of the molecule is Cc1nn(C)c(C)c1C(=O)N[C@@H](C)c1ccc(OCC2CC2)c(F)c1. The summed E-state index contributed by atoms with van der Waals surface area (Å²) < 4.78 is 21.4. The summed E-state index contributed by atoms with van der Waals surface area (Å²) in [6.45, 7) is 6.06. The summed E-state index contributed by atoms with van der Waals surface area (Å²) in [6.07, 6.45) is 2.33.